The molecule has 176 valence electrons. The normalized spacial score (nSPS) is 16.1. The molecule has 5 rings (SSSR count). The zero-order chi connectivity index (χ0) is 23.3. The van der Waals surface area contributed by atoms with Crippen molar-refractivity contribution < 1.29 is 19.1 Å². The fraction of sp³-hybridized carbons (Fsp3) is 0.348. The third kappa shape index (κ3) is 4.99. The van der Waals surface area contributed by atoms with E-state index < -0.39 is 0 Å². The quantitative estimate of drug-likeness (QED) is 0.601. The van der Waals surface area contributed by atoms with E-state index in [1.54, 1.807) is 36.5 Å². The van der Waals surface area contributed by atoms with E-state index in [0.717, 1.165) is 13.0 Å². The van der Waals surface area contributed by atoms with Gasteiger partial charge >= 0.3 is 0 Å². The van der Waals surface area contributed by atoms with E-state index in [2.05, 4.69) is 25.3 Å². The van der Waals surface area contributed by atoms with Crippen LogP contribution >= 0.6 is 0 Å². The largest absolute Gasteiger partial charge is 0.486 e. The van der Waals surface area contributed by atoms with E-state index in [9.17, 15) is 9.59 Å². The van der Waals surface area contributed by atoms with Crippen molar-refractivity contribution in [3.05, 3.63) is 54.7 Å². The summed E-state index contributed by atoms with van der Waals surface area (Å²) in [6.07, 6.45) is 5.33. The Morgan fingerprint density at radius 1 is 1.00 bits per heavy atom. The standard InChI is InChI=1S/C23H25N7O4/c31-22(27-18-2-3-19-20(13-18)34-11-10-33-19)14-28-6-1-7-29(9-8-28)23(32)17-4-5-25-21(12-17)30-16-24-15-26-30/h2-5,12-13,15-16H,1,6-11,14H2,(H,27,31). The van der Waals surface area contributed by atoms with Crippen molar-refractivity contribution in [3.63, 3.8) is 0 Å². The van der Waals surface area contributed by atoms with Gasteiger partial charge in [0.2, 0.25) is 5.91 Å². The second-order valence-corrected chi connectivity index (χ2v) is 8.07. The number of pyridine rings is 1. The van der Waals surface area contributed by atoms with Gasteiger partial charge in [0.15, 0.2) is 17.3 Å². The Balaban J connectivity index is 1.16. The molecule has 0 atom stereocenters. The maximum absolute atomic E-state index is 13.1. The molecular weight excluding hydrogens is 438 g/mol. The molecule has 1 aromatic carbocycles. The van der Waals surface area contributed by atoms with Crippen LogP contribution in [-0.4, -0.2) is 87.3 Å². The monoisotopic (exact) mass is 463 g/mol. The maximum Gasteiger partial charge on any atom is 0.254 e. The summed E-state index contributed by atoms with van der Waals surface area (Å²) >= 11 is 0. The van der Waals surface area contributed by atoms with E-state index in [-0.39, 0.29) is 18.4 Å². The lowest BCUT2D eigenvalue weighted by atomic mass is 10.2. The first-order chi connectivity index (χ1) is 16.7. The number of rotatable bonds is 5. The fourth-order valence-electron chi connectivity index (χ4n) is 4.04. The number of ether oxygens (including phenoxy) is 2. The van der Waals surface area contributed by atoms with Gasteiger partial charge in [0.1, 0.15) is 25.9 Å². The third-order valence-corrected chi connectivity index (χ3v) is 5.71. The Morgan fingerprint density at radius 2 is 1.88 bits per heavy atom. The van der Waals surface area contributed by atoms with E-state index in [1.165, 1.54) is 17.3 Å². The molecule has 2 aliphatic rings. The SMILES string of the molecule is O=C(CN1CCCN(C(=O)c2ccnc(-n3cncn3)c2)CC1)Nc1ccc2c(c1)OCCO2. The number of nitrogens with zero attached hydrogens (tertiary/aromatic N) is 6. The number of anilines is 1. The number of carbonyl (C=O) groups is 2. The molecule has 2 aliphatic heterocycles. The van der Waals surface area contributed by atoms with Crippen LogP contribution < -0.4 is 14.8 Å². The Hall–Kier alpha value is -3.99. The Kier molecular flexibility index (Phi) is 6.34. The molecule has 1 N–H and O–H groups in total. The molecule has 11 nitrogen and oxygen atoms in total. The van der Waals surface area contributed by atoms with Crippen LogP contribution in [0.15, 0.2) is 49.2 Å². The van der Waals surface area contributed by atoms with Gasteiger partial charge in [-0.15, -0.1) is 0 Å². The lowest BCUT2D eigenvalue weighted by molar-refractivity contribution is -0.117. The van der Waals surface area contributed by atoms with Crippen molar-refractivity contribution in [3.8, 4) is 17.3 Å². The van der Waals surface area contributed by atoms with E-state index in [0.29, 0.717) is 61.4 Å². The molecule has 0 unspecified atom stereocenters. The molecule has 0 saturated carbocycles. The van der Waals surface area contributed by atoms with Crippen LogP contribution in [-0.2, 0) is 4.79 Å². The molecule has 0 radical (unpaired) electrons. The van der Waals surface area contributed by atoms with Crippen molar-refractivity contribution in [1.82, 2.24) is 29.5 Å². The highest BCUT2D eigenvalue weighted by Gasteiger charge is 2.22. The number of amides is 2. The topological polar surface area (TPSA) is 115 Å². The molecule has 3 aromatic rings. The van der Waals surface area contributed by atoms with Gasteiger partial charge in [0.05, 0.1) is 6.54 Å². The number of nitrogens with one attached hydrogen (secondary N) is 1. The van der Waals surface area contributed by atoms with Crippen LogP contribution in [0.5, 0.6) is 11.5 Å². The molecule has 0 aliphatic carbocycles. The van der Waals surface area contributed by atoms with Crippen LogP contribution in [0.3, 0.4) is 0 Å². The summed E-state index contributed by atoms with van der Waals surface area (Å²) in [6.45, 7) is 3.78. The second-order valence-electron chi connectivity index (χ2n) is 8.07. The number of aromatic nitrogens is 4. The average Bonchev–Trinajstić information content (AvgIpc) is 3.31. The van der Waals surface area contributed by atoms with Gasteiger partial charge in [-0.25, -0.2) is 14.6 Å². The van der Waals surface area contributed by atoms with Crippen LogP contribution in [0.2, 0.25) is 0 Å². The van der Waals surface area contributed by atoms with Crippen LogP contribution in [0.4, 0.5) is 5.69 Å². The molecule has 0 spiro atoms. The maximum atomic E-state index is 13.1. The Labute approximate surface area is 196 Å². The smallest absolute Gasteiger partial charge is 0.254 e. The Morgan fingerprint density at radius 3 is 2.74 bits per heavy atom. The summed E-state index contributed by atoms with van der Waals surface area (Å²) in [5, 5.41) is 6.99. The van der Waals surface area contributed by atoms with Gasteiger partial charge in [-0.3, -0.25) is 14.5 Å². The van der Waals surface area contributed by atoms with Crippen molar-refractivity contribution in [1.29, 1.82) is 0 Å². The molecule has 34 heavy (non-hydrogen) atoms. The molecule has 1 saturated heterocycles. The predicted molar refractivity (Wildman–Crippen MR) is 122 cm³/mol. The van der Waals surface area contributed by atoms with Crippen LogP contribution in [0.1, 0.15) is 16.8 Å². The first-order valence-corrected chi connectivity index (χ1v) is 11.2. The van der Waals surface area contributed by atoms with E-state index in [1.807, 2.05) is 4.90 Å². The molecular formula is C23H25N7O4. The zero-order valence-corrected chi connectivity index (χ0v) is 18.6. The fourth-order valence-corrected chi connectivity index (χ4v) is 4.04. The first-order valence-electron chi connectivity index (χ1n) is 11.2. The van der Waals surface area contributed by atoms with Crippen LogP contribution in [0.25, 0.3) is 5.82 Å². The van der Waals surface area contributed by atoms with Crippen molar-refractivity contribution in [2.45, 2.75) is 6.42 Å². The molecule has 2 aromatic heterocycles. The molecule has 2 amide bonds. The average molecular weight is 463 g/mol. The van der Waals surface area contributed by atoms with Crippen molar-refractivity contribution >= 4 is 17.5 Å². The number of benzene rings is 1. The lowest BCUT2D eigenvalue weighted by Crippen LogP contribution is -2.38. The van der Waals surface area contributed by atoms with Gasteiger partial charge in [0, 0.05) is 49.7 Å². The zero-order valence-electron chi connectivity index (χ0n) is 18.6. The van der Waals surface area contributed by atoms with E-state index in [4.69, 9.17) is 9.47 Å². The number of hydrogen-bond acceptors (Lipinski definition) is 8. The van der Waals surface area contributed by atoms with Gasteiger partial charge in [-0.1, -0.05) is 0 Å². The van der Waals surface area contributed by atoms with Gasteiger partial charge < -0.3 is 19.7 Å². The molecule has 4 heterocycles. The Bertz CT molecular complexity index is 1170. The summed E-state index contributed by atoms with van der Waals surface area (Å²) < 4.78 is 12.6. The lowest BCUT2D eigenvalue weighted by Gasteiger charge is -2.22. The highest BCUT2D eigenvalue weighted by molar-refractivity contribution is 5.94. The minimum atomic E-state index is -0.108. The first kappa shape index (κ1) is 21.8. The van der Waals surface area contributed by atoms with E-state index >= 15 is 0 Å². The second kappa shape index (κ2) is 9.87. The number of carbonyl (C=O) groups excluding carboxylic acids is 2. The highest BCUT2D eigenvalue weighted by atomic mass is 16.6. The van der Waals surface area contributed by atoms with Gasteiger partial charge in [-0.05, 0) is 30.7 Å². The molecule has 1 fully saturated rings. The summed E-state index contributed by atoms with van der Waals surface area (Å²) in [5.74, 6) is 1.69. The molecule has 0 bridgehead atoms. The van der Waals surface area contributed by atoms with Crippen molar-refractivity contribution in [2.24, 2.45) is 0 Å². The summed E-state index contributed by atoms with van der Waals surface area (Å²) in [6, 6.07) is 8.79. The summed E-state index contributed by atoms with van der Waals surface area (Å²) in [7, 11) is 0. The predicted octanol–water partition coefficient (Wildman–Crippen LogP) is 1.22. The number of fused-ring (bicyclic) bond motifs is 1. The van der Waals surface area contributed by atoms with Crippen molar-refractivity contribution in [2.75, 3.05) is 51.3 Å². The third-order valence-electron chi connectivity index (χ3n) is 5.71. The summed E-state index contributed by atoms with van der Waals surface area (Å²) in [5.41, 5.74) is 1.21. The number of hydrogen-bond donors (Lipinski definition) is 1. The molecule has 11 heteroatoms. The minimum absolute atomic E-state index is 0.0636. The van der Waals surface area contributed by atoms with Gasteiger partial charge in [0.25, 0.3) is 5.91 Å². The van der Waals surface area contributed by atoms with Crippen LogP contribution in [0, 0.1) is 0 Å². The minimum Gasteiger partial charge on any atom is -0.486 e. The highest BCUT2D eigenvalue weighted by Crippen LogP contribution is 2.32. The van der Waals surface area contributed by atoms with Gasteiger partial charge in [-0.2, -0.15) is 5.10 Å². The summed E-state index contributed by atoms with van der Waals surface area (Å²) in [4.78, 5) is 37.8.